The molecule has 2 atom stereocenters. The lowest BCUT2D eigenvalue weighted by molar-refractivity contribution is 0.0677. The Morgan fingerprint density at radius 2 is 2.32 bits per heavy atom. The predicted octanol–water partition coefficient (Wildman–Crippen LogP) is 2.81. The molecule has 2 aromatic heterocycles. The summed E-state index contributed by atoms with van der Waals surface area (Å²) >= 11 is 1.59. The molecule has 2 aromatic rings. The molecule has 1 aliphatic heterocycles. The van der Waals surface area contributed by atoms with E-state index in [-0.39, 0.29) is 0 Å². The van der Waals surface area contributed by atoms with Crippen LogP contribution in [0, 0.1) is 0 Å². The summed E-state index contributed by atoms with van der Waals surface area (Å²) in [6, 6.07) is 6.37. The second kappa shape index (κ2) is 10.1. The number of likely N-dealkylation sites (N-methyl/N-ethyl adjacent to an activating group) is 1. The van der Waals surface area contributed by atoms with Crippen molar-refractivity contribution in [3.05, 3.63) is 46.5 Å². The number of guanidine groups is 1. The summed E-state index contributed by atoms with van der Waals surface area (Å²) in [7, 11) is 0. The first kappa shape index (κ1) is 20.9. The topological polar surface area (TPSA) is 73.0 Å². The van der Waals surface area contributed by atoms with Gasteiger partial charge in [0.15, 0.2) is 5.96 Å². The summed E-state index contributed by atoms with van der Waals surface area (Å²) in [5, 5.41) is 21.6. The van der Waals surface area contributed by atoms with Gasteiger partial charge in [0, 0.05) is 25.6 Å². The molecule has 0 aromatic carbocycles. The van der Waals surface area contributed by atoms with Crippen molar-refractivity contribution < 1.29 is 9.52 Å². The lowest BCUT2D eigenvalue weighted by Gasteiger charge is -2.25. The normalized spacial score (nSPS) is 20.2. The molecule has 1 fully saturated rings. The van der Waals surface area contributed by atoms with Gasteiger partial charge in [-0.25, -0.2) is 4.99 Å². The van der Waals surface area contributed by atoms with Gasteiger partial charge in [-0.1, -0.05) is 6.92 Å². The molecule has 1 aliphatic rings. The van der Waals surface area contributed by atoms with E-state index in [1.54, 1.807) is 17.6 Å². The van der Waals surface area contributed by atoms with Crippen LogP contribution in [0.25, 0.3) is 0 Å². The summed E-state index contributed by atoms with van der Waals surface area (Å²) < 4.78 is 5.40. The minimum atomic E-state index is -0.974. The van der Waals surface area contributed by atoms with E-state index in [2.05, 4.69) is 27.4 Å². The van der Waals surface area contributed by atoms with Gasteiger partial charge in [-0.3, -0.25) is 4.90 Å². The first-order chi connectivity index (χ1) is 13.6. The fourth-order valence-corrected chi connectivity index (χ4v) is 4.37. The highest BCUT2D eigenvalue weighted by Crippen LogP contribution is 2.23. The number of thiophene rings is 1. The van der Waals surface area contributed by atoms with Crippen LogP contribution in [0.5, 0.6) is 0 Å². The molecule has 6 nitrogen and oxygen atoms in total. The Morgan fingerprint density at radius 3 is 3.04 bits per heavy atom. The third-order valence-electron chi connectivity index (χ3n) is 5.34. The maximum Gasteiger partial charge on any atom is 0.191 e. The molecule has 0 aliphatic carbocycles. The molecule has 3 heterocycles. The Hall–Kier alpha value is -1.83. The summed E-state index contributed by atoms with van der Waals surface area (Å²) in [5.74, 6) is 1.69. The maximum absolute atomic E-state index is 10.8. The third-order valence-corrected chi connectivity index (χ3v) is 6.03. The zero-order chi connectivity index (χ0) is 19.8. The van der Waals surface area contributed by atoms with Crippen LogP contribution in [0.15, 0.2) is 44.6 Å². The summed E-state index contributed by atoms with van der Waals surface area (Å²) in [4.78, 5) is 7.19. The largest absolute Gasteiger partial charge is 0.469 e. The molecule has 0 spiro atoms. The highest BCUT2D eigenvalue weighted by Gasteiger charge is 2.25. The van der Waals surface area contributed by atoms with E-state index in [0.29, 0.717) is 12.6 Å². The smallest absolute Gasteiger partial charge is 0.191 e. The zero-order valence-corrected chi connectivity index (χ0v) is 17.7. The summed E-state index contributed by atoms with van der Waals surface area (Å²) in [6.07, 6.45) is 4.96. The molecule has 154 valence electrons. The zero-order valence-electron chi connectivity index (χ0n) is 16.9. The van der Waals surface area contributed by atoms with Gasteiger partial charge in [-0.15, -0.1) is 0 Å². The van der Waals surface area contributed by atoms with Crippen molar-refractivity contribution in [2.24, 2.45) is 4.99 Å². The number of hydrogen-bond acceptors (Lipinski definition) is 5. The number of likely N-dealkylation sites (tertiary alicyclic amines) is 1. The van der Waals surface area contributed by atoms with Crippen LogP contribution in [0.4, 0.5) is 0 Å². The van der Waals surface area contributed by atoms with Gasteiger partial charge in [0.2, 0.25) is 0 Å². The highest BCUT2D eigenvalue weighted by molar-refractivity contribution is 7.08. The van der Waals surface area contributed by atoms with Crippen LogP contribution in [0.2, 0.25) is 0 Å². The molecule has 0 amide bonds. The Morgan fingerprint density at radius 1 is 1.43 bits per heavy atom. The van der Waals surface area contributed by atoms with Crippen LogP contribution < -0.4 is 10.6 Å². The SMILES string of the molecule is CCN1CCCC1CNC(=NCC(C)(O)c1ccsc1)NCCc1ccco1. The van der Waals surface area contributed by atoms with E-state index >= 15 is 0 Å². The van der Waals surface area contributed by atoms with Gasteiger partial charge >= 0.3 is 0 Å². The molecule has 3 N–H and O–H groups in total. The average molecular weight is 405 g/mol. The van der Waals surface area contributed by atoms with Crippen molar-refractivity contribution in [3.63, 3.8) is 0 Å². The molecule has 2 unspecified atom stereocenters. The van der Waals surface area contributed by atoms with Crippen molar-refractivity contribution in [3.8, 4) is 0 Å². The highest BCUT2D eigenvalue weighted by atomic mass is 32.1. The molecule has 7 heteroatoms. The van der Waals surface area contributed by atoms with Crippen molar-refractivity contribution in [2.45, 2.75) is 44.8 Å². The van der Waals surface area contributed by atoms with Crippen LogP contribution >= 0.6 is 11.3 Å². The number of aliphatic hydroxyl groups is 1. The Bertz CT molecular complexity index is 713. The second-order valence-corrected chi connectivity index (χ2v) is 8.29. The Balaban J connectivity index is 1.59. The number of furan rings is 1. The van der Waals surface area contributed by atoms with E-state index < -0.39 is 5.60 Å². The minimum Gasteiger partial charge on any atom is -0.469 e. The standard InChI is InChI=1S/C21H32N4O2S/c1-3-25-11-4-6-18(25)14-23-20(22-10-8-19-7-5-12-27-19)24-16-21(2,26)17-9-13-28-15-17/h5,7,9,12-13,15,18,26H,3-4,6,8,10-11,14,16H2,1-2H3,(H2,22,23,24). The number of nitrogens with zero attached hydrogens (tertiary/aromatic N) is 2. The Labute approximate surface area is 171 Å². The molecular formula is C21H32N4O2S. The van der Waals surface area contributed by atoms with Crippen molar-refractivity contribution in [2.75, 3.05) is 32.7 Å². The van der Waals surface area contributed by atoms with E-state index in [1.807, 2.05) is 35.9 Å². The number of aliphatic imine (C=N–C) groups is 1. The second-order valence-electron chi connectivity index (χ2n) is 7.51. The van der Waals surface area contributed by atoms with E-state index in [1.165, 1.54) is 19.4 Å². The third kappa shape index (κ3) is 5.83. The predicted molar refractivity (Wildman–Crippen MR) is 115 cm³/mol. The molecule has 3 rings (SSSR count). The molecule has 28 heavy (non-hydrogen) atoms. The molecule has 0 radical (unpaired) electrons. The fourth-order valence-electron chi connectivity index (χ4n) is 3.59. The summed E-state index contributed by atoms with van der Waals surface area (Å²) in [6.45, 7) is 8.18. The van der Waals surface area contributed by atoms with Gasteiger partial charge in [0.25, 0.3) is 0 Å². The first-order valence-corrected chi connectivity index (χ1v) is 11.1. The fraction of sp³-hybridized carbons (Fsp3) is 0.571. The lowest BCUT2D eigenvalue weighted by atomic mass is 10.00. The molecule has 0 saturated carbocycles. The number of nitrogens with one attached hydrogen (secondary N) is 2. The first-order valence-electron chi connectivity index (χ1n) is 10.1. The van der Waals surface area contributed by atoms with E-state index in [9.17, 15) is 5.11 Å². The van der Waals surface area contributed by atoms with Gasteiger partial charge in [-0.05, 0) is 67.4 Å². The Kier molecular flexibility index (Phi) is 7.53. The van der Waals surface area contributed by atoms with Crippen LogP contribution in [0.1, 0.15) is 38.0 Å². The van der Waals surface area contributed by atoms with Gasteiger partial charge in [-0.2, -0.15) is 11.3 Å². The average Bonchev–Trinajstić information content (AvgIpc) is 3.45. The maximum atomic E-state index is 10.8. The molecule has 0 bridgehead atoms. The molecular weight excluding hydrogens is 372 g/mol. The number of rotatable bonds is 9. The van der Waals surface area contributed by atoms with Gasteiger partial charge in [0.1, 0.15) is 11.4 Å². The monoisotopic (exact) mass is 404 g/mol. The molecule has 1 saturated heterocycles. The van der Waals surface area contributed by atoms with Crippen LogP contribution in [-0.2, 0) is 12.0 Å². The van der Waals surface area contributed by atoms with Gasteiger partial charge < -0.3 is 20.2 Å². The lowest BCUT2D eigenvalue weighted by Crippen LogP contribution is -2.45. The van der Waals surface area contributed by atoms with Crippen molar-refractivity contribution in [1.82, 2.24) is 15.5 Å². The van der Waals surface area contributed by atoms with E-state index in [0.717, 1.165) is 43.3 Å². The van der Waals surface area contributed by atoms with E-state index in [4.69, 9.17) is 4.42 Å². The van der Waals surface area contributed by atoms with Crippen molar-refractivity contribution >= 4 is 17.3 Å². The van der Waals surface area contributed by atoms with Crippen LogP contribution in [0.3, 0.4) is 0 Å². The summed E-state index contributed by atoms with van der Waals surface area (Å²) in [5.41, 5.74) is -0.0672. The minimum absolute atomic E-state index is 0.308. The van der Waals surface area contributed by atoms with Crippen molar-refractivity contribution in [1.29, 1.82) is 0 Å². The van der Waals surface area contributed by atoms with Gasteiger partial charge in [0.05, 0.1) is 12.8 Å². The number of hydrogen-bond donors (Lipinski definition) is 3. The quantitative estimate of drug-likeness (QED) is 0.443. The van der Waals surface area contributed by atoms with Crippen LogP contribution in [-0.4, -0.2) is 54.7 Å².